The Hall–Kier alpha value is -0.390. The van der Waals surface area contributed by atoms with E-state index in [4.69, 9.17) is 0 Å². The molecule has 0 aromatic heterocycles. The number of aliphatic hydroxyl groups is 1. The molecule has 0 unspecified atom stereocenters. The Kier molecular flexibility index (Phi) is 4.84. The van der Waals surface area contributed by atoms with Crippen LogP contribution in [-0.4, -0.2) is 49.6 Å². The Labute approximate surface area is 104 Å². The van der Waals surface area contributed by atoms with Crippen molar-refractivity contribution in [3.05, 3.63) is 0 Å². The normalized spacial score (nSPS) is 15.1. The zero-order valence-electron chi connectivity index (χ0n) is 9.89. The Bertz CT molecular complexity index is 488. The predicted octanol–water partition coefficient (Wildman–Crippen LogP) is 0.259. The van der Waals surface area contributed by atoms with Crippen molar-refractivity contribution in [2.24, 2.45) is 0 Å². The number of halogens is 3. The van der Waals surface area contributed by atoms with Gasteiger partial charge in [-0.25, -0.2) is 16.8 Å². The third-order valence-electron chi connectivity index (χ3n) is 1.84. The maximum atomic E-state index is 12.3. The van der Waals surface area contributed by atoms with Crippen LogP contribution >= 0.6 is 0 Å². The number of hydrogen-bond donors (Lipinski definition) is 1. The molecule has 0 rings (SSSR count). The maximum absolute atomic E-state index is 12.3. The summed E-state index contributed by atoms with van der Waals surface area (Å²) in [7, 11) is -10.6. The first-order chi connectivity index (χ1) is 7.59. The van der Waals surface area contributed by atoms with E-state index in [2.05, 4.69) is 0 Å². The van der Waals surface area contributed by atoms with Crippen LogP contribution in [0.2, 0.25) is 0 Å². The van der Waals surface area contributed by atoms with Crippen LogP contribution in [0.5, 0.6) is 0 Å². The lowest BCUT2D eigenvalue weighted by molar-refractivity contribution is -0.0473. The summed E-state index contributed by atoms with van der Waals surface area (Å²) in [5.41, 5.74) is -7.21. The van der Waals surface area contributed by atoms with Gasteiger partial charge in [0.2, 0.25) is 10.0 Å². The minimum absolute atomic E-state index is 0.348. The van der Waals surface area contributed by atoms with Crippen molar-refractivity contribution >= 4 is 20.0 Å². The quantitative estimate of drug-likeness (QED) is 0.786. The van der Waals surface area contributed by atoms with Gasteiger partial charge < -0.3 is 5.11 Å². The van der Waals surface area contributed by atoms with Crippen molar-refractivity contribution < 1.29 is 35.1 Å². The smallest absolute Gasteiger partial charge is 0.390 e. The summed E-state index contributed by atoms with van der Waals surface area (Å²) in [4.78, 5) is 0. The SMILES string of the molecule is CC(C)(O)CCN(S(C)(=O)=O)S(=O)(=O)C(F)(F)F. The lowest BCUT2D eigenvalue weighted by Crippen LogP contribution is -2.45. The zero-order chi connectivity index (χ0) is 15.0. The minimum Gasteiger partial charge on any atom is -0.390 e. The van der Waals surface area contributed by atoms with Crippen LogP contribution in [0, 0.1) is 0 Å². The van der Waals surface area contributed by atoms with Crippen LogP contribution in [0.1, 0.15) is 20.3 Å². The van der Waals surface area contributed by atoms with E-state index in [1.165, 1.54) is 13.8 Å². The van der Waals surface area contributed by atoms with Gasteiger partial charge in [-0.3, -0.25) is 0 Å². The number of alkyl halides is 3. The Morgan fingerprint density at radius 2 is 1.50 bits per heavy atom. The van der Waals surface area contributed by atoms with Gasteiger partial charge in [0.15, 0.2) is 0 Å². The predicted molar refractivity (Wildman–Crippen MR) is 57.4 cm³/mol. The molecule has 0 aliphatic rings. The van der Waals surface area contributed by atoms with Gasteiger partial charge in [-0.05, 0) is 20.3 Å². The van der Waals surface area contributed by atoms with E-state index in [0.717, 1.165) is 0 Å². The van der Waals surface area contributed by atoms with Gasteiger partial charge in [0.05, 0.1) is 11.9 Å². The van der Waals surface area contributed by atoms with E-state index in [-0.39, 0.29) is 0 Å². The number of sulfonamides is 2. The standard InChI is InChI=1S/C7H14F3NO5S2/c1-6(2,12)4-5-11(17(3,13)14)18(15,16)7(8,9)10/h12H,4-5H2,1-3H3. The summed E-state index contributed by atoms with van der Waals surface area (Å²) in [6.07, 6.45) is -0.115. The van der Waals surface area contributed by atoms with Gasteiger partial charge >= 0.3 is 15.5 Å². The number of rotatable bonds is 5. The average molecular weight is 313 g/mol. The first-order valence-corrected chi connectivity index (χ1v) is 7.89. The molecule has 18 heavy (non-hydrogen) atoms. The van der Waals surface area contributed by atoms with Crippen LogP contribution < -0.4 is 0 Å². The average Bonchev–Trinajstić information content (AvgIpc) is 1.95. The molecule has 110 valence electrons. The number of hydrogen-bond acceptors (Lipinski definition) is 5. The van der Waals surface area contributed by atoms with Crippen LogP contribution in [0.4, 0.5) is 13.2 Å². The largest absolute Gasteiger partial charge is 0.512 e. The molecule has 1 N–H and O–H groups in total. The summed E-state index contributed by atoms with van der Waals surface area (Å²) in [5.74, 6) is 0. The van der Waals surface area contributed by atoms with Gasteiger partial charge in [0.25, 0.3) is 0 Å². The highest BCUT2D eigenvalue weighted by molar-refractivity contribution is 8.04. The second-order valence-corrected chi connectivity index (χ2v) is 8.26. The lowest BCUT2D eigenvalue weighted by atomic mass is 10.1. The first-order valence-electron chi connectivity index (χ1n) is 4.60. The van der Waals surface area contributed by atoms with E-state index >= 15 is 0 Å². The second-order valence-electron chi connectivity index (χ2n) is 4.27. The van der Waals surface area contributed by atoms with Crippen LogP contribution in [0.15, 0.2) is 0 Å². The van der Waals surface area contributed by atoms with Gasteiger partial charge in [0, 0.05) is 6.54 Å². The highest BCUT2D eigenvalue weighted by Crippen LogP contribution is 2.29. The molecule has 0 saturated heterocycles. The van der Waals surface area contributed by atoms with Crippen molar-refractivity contribution in [2.75, 3.05) is 12.8 Å². The fraction of sp³-hybridized carbons (Fsp3) is 1.00. The summed E-state index contributed by atoms with van der Waals surface area (Å²) in [6.45, 7) is 1.45. The molecule has 0 aromatic carbocycles. The minimum atomic E-state index is -5.98. The van der Waals surface area contributed by atoms with Crippen LogP contribution in [0.3, 0.4) is 0 Å². The maximum Gasteiger partial charge on any atom is 0.512 e. The first kappa shape index (κ1) is 17.6. The second kappa shape index (κ2) is 4.94. The topological polar surface area (TPSA) is 91.8 Å². The third-order valence-corrected chi connectivity index (χ3v) is 5.46. The van der Waals surface area contributed by atoms with E-state index in [1.807, 2.05) is 0 Å². The summed E-state index contributed by atoms with van der Waals surface area (Å²) in [6, 6.07) is 0. The molecule has 0 aliphatic carbocycles. The molecule has 0 radical (unpaired) electrons. The fourth-order valence-electron chi connectivity index (χ4n) is 0.945. The molecule has 6 nitrogen and oxygen atoms in total. The van der Waals surface area contributed by atoms with Crippen LogP contribution in [0.25, 0.3) is 0 Å². The molecule has 0 aliphatic heterocycles. The molecule has 0 amide bonds. The summed E-state index contributed by atoms with van der Waals surface area (Å²) in [5, 5.41) is 9.30. The van der Waals surface area contributed by atoms with E-state index in [0.29, 0.717) is 6.26 Å². The fourth-order valence-corrected chi connectivity index (χ4v) is 3.61. The highest BCUT2D eigenvalue weighted by Gasteiger charge is 2.53. The summed E-state index contributed by atoms with van der Waals surface area (Å²) >= 11 is 0. The van der Waals surface area contributed by atoms with E-state index in [1.54, 1.807) is 0 Å². The third kappa shape index (κ3) is 4.71. The molecule has 0 atom stereocenters. The van der Waals surface area contributed by atoms with Crippen molar-refractivity contribution in [1.82, 2.24) is 3.71 Å². The van der Waals surface area contributed by atoms with Crippen molar-refractivity contribution in [2.45, 2.75) is 31.4 Å². The van der Waals surface area contributed by atoms with Crippen molar-refractivity contribution in [1.29, 1.82) is 0 Å². The zero-order valence-corrected chi connectivity index (χ0v) is 11.5. The van der Waals surface area contributed by atoms with Gasteiger partial charge in [0.1, 0.15) is 0 Å². The molecular formula is C7H14F3NO5S2. The van der Waals surface area contributed by atoms with Gasteiger partial charge in [-0.15, -0.1) is 0 Å². The summed E-state index contributed by atoms with van der Waals surface area (Å²) < 4.78 is 80.5. The number of nitrogens with zero attached hydrogens (tertiary/aromatic N) is 1. The molecule has 0 bridgehead atoms. The van der Waals surface area contributed by atoms with Crippen molar-refractivity contribution in [3.63, 3.8) is 0 Å². The Morgan fingerprint density at radius 1 is 1.11 bits per heavy atom. The molecule has 11 heteroatoms. The molecular weight excluding hydrogens is 299 g/mol. The Morgan fingerprint density at radius 3 is 1.72 bits per heavy atom. The highest BCUT2D eigenvalue weighted by atomic mass is 32.3. The molecule has 0 spiro atoms. The van der Waals surface area contributed by atoms with Gasteiger partial charge in [-0.2, -0.15) is 13.2 Å². The lowest BCUT2D eigenvalue weighted by Gasteiger charge is -2.24. The molecule has 0 saturated carbocycles. The van der Waals surface area contributed by atoms with E-state index < -0.39 is 47.8 Å². The van der Waals surface area contributed by atoms with E-state index in [9.17, 15) is 35.1 Å². The Balaban J connectivity index is 5.45. The molecule has 0 aromatic rings. The van der Waals surface area contributed by atoms with Crippen LogP contribution in [-0.2, 0) is 20.0 Å². The monoisotopic (exact) mass is 313 g/mol. The molecule has 0 heterocycles. The molecule has 0 fully saturated rings. The van der Waals surface area contributed by atoms with Gasteiger partial charge in [-0.1, -0.05) is 3.71 Å². The van der Waals surface area contributed by atoms with Crippen molar-refractivity contribution in [3.8, 4) is 0 Å².